The Morgan fingerprint density at radius 3 is 1.33 bits per heavy atom. The molecule has 32 valence electrons. The van der Waals surface area contributed by atoms with Crippen molar-refractivity contribution in [3.8, 4) is 0 Å². The van der Waals surface area contributed by atoms with Crippen LogP contribution in [0.2, 0.25) is 0 Å². The van der Waals surface area contributed by atoms with E-state index >= 15 is 0 Å². The Morgan fingerprint density at radius 2 is 1.33 bits per heavy atom. The fourth-order valence-electron chi connectivity index (χ4n) is 0.0481. The van der Waals surface area contributed by atoms with E-state index in [4.69, 9.17) is 11.5 Å². The Hall–Kier alpha value is 0.840. The van der Waals surface area contributed by atoms with Crippen LogP contribution in [0.4, 0.5) is 0 Å². The molecule has 0 saturated carbocycles. The van der Waals surface area contributed by atoms with Gasteiger partial charge in [0.25, 0.3) is 0 Å². The topological polar surface area (TPSA) is 77.1 Å². The van der Waals surface area contributed by atoms with E-state index in [-0.39, 0.29) is 29.6 Å². The van der Waals surface area contributed by atoms with Gasteiger partial charge in [0.15, 0.2) is 0 Å². The summed E-state index contributed by atoms with van der Waals surface area (Å²) in [5.74, 6) is 0. The normalized spacial score (nSPS) is 25.0. The second kappa shape index (κ2) is 1.75. The van der Waals surface area contributed by atoms with Gasteiger partial charge in [-0.2, -0.15) is 9.78 Å². The first kappa shape index (κ1) is 6.84. The van der Waals surface area contributed by atoms with Crippen molar-refractivity contribution < 1.29 is 9.78 Å². The van der Waals surface area contributed by atoms with Crippen molar-refractivity contribution >= 4 is 29.6 Å². The average Bonchev–Trinajstić information content (AvgIpc) is 1.76. The molecular weight excluding hydrogens is 95.0 g/mol. The van der Waals surface area contributed by atoms with Crippen LogP contribution in [0.25, 0.3) is 0 Å². The van der Waals surface area contributed by atoms with E-state index in [1.54, 1.807) is 0 Å². The van der Waals surface area contributed by atoms with Gasteiger partial charge in [-0.05, 0) is 0 Å². The summed E-state index contributed by atoms with van der Waals surface area (Å²) in [5, 5.41) is 0. The average molecular weight is 100 g/mol. The standard InChI is InChI=1S/CH4N2O2.Na.H/c2-1(3)4-5-1;;/h2-3H2;;. The third-order valence-corrected chi connectivity index (χ3v) is 0.276. The van der Waals surface area contributed by atoms with Crippen LogP contribution in [0.15, 0.2) is 0 Å². The Balaban J connectivity index is 0.000000250. The van der Waals surface area contributed by atoms with Crippen LogP contribution in [-0.4, -0.2) is 35.6 Å². The first-order chi connectivity index (χ1) is 2.21. The zero-order chi connectivity index (χ0) is 3.91. The molecular formula is CH5N2NaO2. The van der Waals surface area contributed by atoms with Crippen LogP contribution in [0.5, 0.6) is 0 Å². The van der Waals surface area contributed by atoms with Crippen molar-refractivity contribution in [3.63, 3.8) is 0 Å². The minimum absolute atomic E-state index is 0. The Bertz CT molecular complexity index is 49.5. The first-order valence-electron chi connectivity index (χ1n) is 1.15. The number of hydrogen-bond donors (Lipinski definition) is 2. The Labute approximate surface area is 57.0 Å². The first-order valence-corrected chi connectivity index (χ1v) is 1.15. The van der Waals surface area contributed by atoms with Crippen molar-refractivity contribution in [3.05, 3.63) is 0 Å². The summed E-state index contributed by atoms with van der Waals surface area (Å²) in [4.78, 5) is 7.90. The molecule has 0 bridgehead atoms. The van der Waals surface area contributed by atoms with Gasteiger partial charge in [-0.15, -0.1) is 0 Å². The minimum atomic E-state index is -1.25. The zero-order valence-electron chi connectivity index (χ0n) is 2.47. The SMILES string of the molecule is NC1(N)OO1.[NaH]. The molecule has 4 nitrogen and oxygen atoms in total. The molecule has 0 aromatic heterocycles. The van der Waals surface area contributed by atoms with Gasteiger partial charge < -0.3 is 0 Å². The van der Waals surface area contributed by atoms with Crippen LogP contribution in [0.1, 0.15) is 0 Å². The van der Waals surface area contributed by atoms with Crippen LogP contribution in [0, 0.1) is 0 Å². The number of hydrogen-bond acceptors (Lipinski definition) is 4. The van der Waals surface area contributed by atoms with Gasteiger partial charge in [0.05, 0.1) is 0 Å². The van der Waals surface area contributed by atoms with E-state index in [1.165, 1.54) is 0 Å². The van der Waals surface area contributed by atoms with Gasteiger partial charge in [-0.1, -0.05) is 0 Å². The van der Waals surface area contributed by atoms with Crippen molar-refractivity contribution in [1.82, 2.24) is 0 Å². The molecule has 4 N–H and O–H groups in total. The van der Waals surface area contributed by atoms with E-state index in [0.29, 0.717) is 0 Å². The molecule has 1 aliphatic heterocycles. The molecule has 0 atom stereocenters. The quantitative estimate of drug-likeness (QED) is 0.157. The summed E-state index contributed by atoms with van der Waals surface area (Å²) in [5.41, 5.74) is 9.60. The molecule has 0 amide bonds. The second-order valence-electron chi connectivity index (χ2n) is 0.888. The third kappa shape index (κ3) is 2.09. The molecule has 1 heterocycles. The van der Waals surface area contributed by atoms with Gasteiger partial charge in [0.1, 0.15) is 0 Å². The summed E-state index contributed by atoms with van der Waals surface area (Å²) in [7, 11) is 0. The second-order valence-corrected chi connectivity index (χ2v) is 0.888. The molecule has 0 spiro atoms. The van der Waals surface area contributed by atoms with E-state index in [9.17, 15) is 0 Å². The molecule has 0 aromatic carbocycles. The Morgan fingerprint density at radius 1 is 1.17 bits per heavy atom. The van der Waals surface area contributed by atoms with E-state index in [0.717, 1.165) is 0 Å². The number of nitrogens with two attached hydrogens (primary N) is 2. The summed E-state index contributed by atoms with van der Waals surface area (Å²) in [6.07, 6.45) is 0. The van der Waals surface area contributed by atoms with Crippen molar-refractivity contribution in [2.24, 2.45) is 11.5 Å². The Kier molecular flexibility index (Phi) is 2.00. The third-order valence-electron chi connectivity index (χ3n) is 0.276. The molecule has 1 rings (SSSR count). The molecule has 1 fully saturated rings. The maximum absolute atomic E-state index is 4.80. The van der Waals surface area contributed by atoms with Crippen LogP contribution < -0.4 is 11.5 Å². The fraction of sp³-hybridized carbons (Fsp3) is 1.00. The van der Waals surface area contributed by atoms with Crippen molar-refractivity contribution in [1.29, 1.82) is 0 Å². The van der Waals surface area contributed by atoms with Crippen LogP contribution in [-0.2, 0) is 9.78 Å². The molecule has 0 aromatic rings. The molecule has 1 saturated heterocycles. The molecule has 1 aliphatic rings. The van der Waals surface area contributed by atoms with Gasteiger partial charge in [-0.25, -0.2) is 0 Å². The summed E-state index contributed by atoms with van der Waals surface area (Å²) in [6, 6.07) is -1.25. The van der Waals surface area contributed by atoms with Crippen LogP contribution in [0.3, 0.4) is 0 Å². The predicted octanol–water partition coefficient (Wildman–Crippen LogP) is -2.17. The molecule has 6 heavy (non-hydrogen) atoms. The van der Waals surface area contributed by atoms with Gasteiger partial charge in [0, 0.05) is 0 Å². The van der Waals surface area contributed by atoms with Gasteiger partial charge in [-0.3, -0.25) is 11.5 Å². The van der Waals surface area contributed by atoms with E-state index in [1.807, 2.05) is 0 Å². The summed E-state index contributed by atoms with van der Waals surface area (Å²) < 4.78 is 0. The zero-order valence-corrected chi connectivity index (χ0v) is 2.47. The maximum atomic E-state index is 4.80. The van der Waals surface area contributed by atoms with Crippen LogP contribution >= 0.6 is 0 Å². The van der Waals surface area contributed by atoms with Crippen molar-refractivity contribution in [2.75, 3.05) is 0 Å². The van der Waals surface area contributed by atoms with E-state index in [2.05, 4.69) is 9.78 Å². The summed E-state index contributed by atoms with van der Waals surface area (Å²) >= 11 is 0. The monoisotopic (exact) mass is 100 g/mol. The van der Waals surface area contributed by atoms with Crippen molar-refractivity contribution in [2.45, 2.75) is 6.03 Å². The molecule has 0 radical (unpaired) electrons. The molecule has 5 heteroatoms. The van der Waals surface area contributed by atoms with Gasteiger partial charge in [0.2, 0.25) is 0 Å². The fourth-order valence-corrected chi connectivity index (χ4v) is 0.0481. The summed E-state index contributed by atoms with van der Waals surface area (Å²) in [6.45, 7) is 0. The molecule has 0 unspecified atom stereocenters. The van der Waals surface area contributed by atoms with Gasteiger partial charge >= 0.3 is 35.6 Å². The number of rotatable bonds is 0. The van der Waals surface area contributed by atoms with E-state index < -0.39 is 6.03 Å². The molecule has 0 aliphatic carbocycles. The predicted molar refractivity (Wildman–Crippen MR) is 20.4 cm³/mol.